The van der Waals surface area contributed by atoms with Crippen molar-refractivity contribution in [2.24, 2.45) is 0 Å². The lowest BCUT2D eigenvalue weighted by Gasteiger charge is -2.09. The van der Waals surface area contributed by atoms with Gasteiger partial charge in [0.05, 0.1) is 12.7 Å². The van der Waals surface area contributed by atoms with Crippen LogP contribution in [0.5, 0.6) is 0 Å². The lowest BCUT2D eigenvalue weighted by Crippen LogP contribution is -2.01. The number of hydrogen-bond acceptors (Lipinski definition) is 3. The first kappa shape index (κ1) is 13.1. The van der Waals surface area contributed by atoms with Crippen LogP contribution in [0.15, 0.2) is 42.5 Å². The summed E-state index contributed by atoms with van der Waals surface area (Å²) in [6.45, 7) is 4.12. The van der Waals surface area contributed by atoms with Gasteiger partial charge in [-0.3, -0.25) is 0 Å². The normalized spacial score (nSPS) is 10.1. The van der Waals surface area contributed by atoms with Gasteiger partial charge in [-0.1, -0.05) is 12.1 Å². The number of carbonyl (C=O) groups is 1. The maximum Gasteiger partial charge on any atom is 0.337 e. The number of rotatable bonds is 3. The highest BCUT2D eigenvalue weighted by atomic mass is 16.5. The first-order chi connectivity index (χ1) is 9.08. The van der Waals surface area contributed by atoms with Crippen molar-refractivity contribution in [2.75, 3.05) is 12.4 Å². The predicted molar refractivity (Wildman–Crippen MR) is 77.0 cm³/mol. The van der Waals surface area contributed by atoms with E-state index in [0.29, 0.717) is 5.56 Å². The van der Waals surface area contributed by atoms with E-state index in [-0.39, 0.29) is 5.97 Å². The lowest BCUT2D eigenvalue weighted by atomic mass is 10.1. The van der Waals surface area contributed by atoms with Gasteiger partial charge in [0.1, 0.15) is 0 Å². The Kier molecular flexibility index (Phi) is 3.85. The average molecular weight is 255 g/mol. The van der Waals surface area contributed by atoms with Crippen molar-refractivity contribution in [3.05, 3.63) is 59.2 Å². The van der Waals surface area contributed by atoms with E-state index in [4.69, 9.17) is 4.74 Å². The third-order valence-electron chi connectivity index (χ3n) is 2.79. The van der Waals surface area contributed by atoms with Crippen LogP contribution >= 0.6 is 0 Å². The SMILES string of the molecule is COC(=O)c1cccc(Nc2cc(C)cc(C)c2)c1. The van der Waals surface area contributed by atoms with Crippen LogP contribution in [0.3, 0.4) is 0 Å². The van der Waals surface area contributed by atoms with Crippen LogP contribution in [0.2, 0.25) is 0 Å². The number of benzene rings is 2. The lowest BCUT2D eigenvalue weighted by molar-refractivity contribution is 0.0601. The summed E-state index contributed by atoms with van der Waals surface area (Å²) in [6.07, 6.45) is 0. The maximum absolute atomic E-state index is 11.5. The molecule has 0 saturated carbocycles. The Labute approximate surface area is 113 Å². The monoisotopic (exact) mass is 255 g/mol. The van der Waals surface area contributed by atoms with Gasteiger partial charge < -0.3 is 10.1 Å². The Balaban J connectivity index is 2.25. The van der Waals surface area contributed by atoms with Crippen molar-refractivity contribution in [2.45, 2.75) is 13.8 Å². The minimum atomic E-state index is -0.330. The van der Waals surface area contributed by atoms with Crippen LogP contribution in [0, 0.1) is 13.8 Å². The molecule has 3 nitrogen and oxygen atoms in total. The molecule has 98 valence electrons. The standard InChI is InChI=1S/C16H17NO2/c1-11-7-12(2)9-15(8-11)17-14-6-4-5-13(10-14)16(18)19-3/h4-10,17H,1-3H3. The van der Waals surface area contributed by atoms with E-state index in [1.54, 1.807) is 12.1 Å². The molecular formula is C16H17NO2. The number of hydrogen-bond donors (Lipinski definition) is 1. The number of carbonyl (C=O) groups excluding carboxylic acids is 1. The molecule has 0 aromatic heterocycles. The minimum Gasteiger partial charge on any atom is -0.465 e. The summed E-state index contributed by atoms with van der Waals surface area (Å²) in [5, 5.41) is 3.30. The van der Waals surface area contributed by atoms with Gasteiger partial charge >= 0.3 is 5.97 Å². The largest absolute Gasteiger partial charge is 0.465 e. The molecule has 0 unspecified atom stereocenters. The zero-order chi connectivity index (χ0) is 13.8. The Morgan fingerprint density at radius 2 is 1.68 bits per heavy atom. The number of aryl methyl sites for hydroxylation is 2. The molecule has 0 amide bonds. The van der Waals surface area contributed by atoms with E-state index in [9.17, 15) is 4.79 Å². The van der Waals surface area contributed by atoms with Crippen LogP contribution in [-0.2, 0) is 4.74 Å². The molecule has 0 fully saturated rings. The summed E-state index contributed by atoms with van der Waals surface area (Å²) in [7, 11) is 1.38. The second-order valence-electron chi connectivity index (χ2n) is 4.57. The molecular weight excluding hydrogens is 238 g/mol. The molecule has 19 heavy (non-hydrogen) atoms. The number of methoxy groups -OCH3 is 1. The van der Waals surface area contributed by atoms with Gasteiger partial charge in [-0.25, -0.2) is 4.79 Å². The van der Waals surface area contributed by atoms with Gasteiger partial charge in [0.25, 0.3) is 0 Å². The fourth-order valence-electron chi connectivity index (χ4n) is 2.06. The van der Waals surface area contributed by atoms with E-state index in [0.717, 1.165) is 11.4 Å². The highest BCUT2D eigenvalue weighted by molar-refractivity contribution is 5.90. The van der Waals surface area contributed by atoms with Crippen molar-refractivity contribution in [1.82, 2.24) is 0 Å². The third kappa shape index (κ3) is 3.35. The van der Waals surface area contributed by atoms with Gasteiger partial charge in [0.2, 0.25) is 0 Å². The van der Waals surface area contributed by atoms with Crippen molar-refractivity contribution in [3.8, 4) is 0 Å². The van der Waals surface area contributed by atoms with Gasteiger partial charge in [-0.05, 0) is 55.3 Å². The molecule has 0 aliphatic carbocycles. The molecule has 2 aromatic carbocycles. The van der Waals surface area contributed by atoms with Crippen molar-refractivity contribution < 1.29 is 9.53 Å². The van der Waals surface area contributed by atoms with Crippen molar-refractivity contribution >= 4 is 17.3 Å². The molecule has 0 atom stereocenters. The molecule has 1 N–H and O–H groups in total. The first-order valence-electron chi connectivity index (χ1n) is 6.12. The second kappa shape index (κ2) is 5.57. The molecule has 0 aliphatic heterocycles. The topological polar surface area (TPSA) is 38.3 Å². The molecule has 0 saturated heterocycles. The molecule has 2 rings (SSSR count). The van der Waals surface area contributed by atoms with E-state index in [1.165, 1.54) is 18.2 Å². The number of anilines is 2. The minimum absolute atomic E-state index is 0.330. The number of esters is 1. The maximum atomic E-state index is 11.5. The molecule has 0 radical (unpaired) electrons. The third-order valence-corrected chi connectivity index (χ3v) is 2.79. The van der Waals surface area contributed by atoms with E-state index >= 15 is 0 Å². The fraction of sp³-hybridized carbons (Fsp3) is 0.188. The molecule has 2 aromatic rings. The molecule has 0 bridgehead atoms. The number of ether oxygens (including phenoxy) is 1. The summed E-state index contributed by atoms with van der Waals surface area (Å²) < 4.78 is 4.71. The second-order valence-corrected chi connectivity index (χ2v) is 4.57. The Hall–Kier alpha value is -2.29. The van der Waals surface area contributed by atoms with Crippen LogP contribution in [0.25, 0.3) is 0 Å². The van der Waals surface area contributed by atoms with E-state index in [1.807, 2.05) is 12.1 Å². The van der Waals surface area contributed by atoms with E-state index < -0.39 is 0 Å². The Bertz CT molecular complexity index is 585. The highest BCUT2D eigenvalue weighted by Crippen LogP contribution is 2.20. The molecule has 3 heteroatoms. The summed E-state index contributed by atoms with van der Waals surface area (Å²) in [5.74, 6) is -0.330. The Morgan fingerprint density at radius 3 is 2.32 bits per heavy atom. The zero-order valence-corrected chi connectivity index (χ0v) is 11.4. The summed E-state index contributed by atoms with van der Waals surface area (Å²) in [4.78, 5) is 11.5. The smallest absolute Gasteiger partial charge is 0.337 e. The van der Waals surface area contributed by atoms with Crippen molar-refractivity contribution in [1.29, 1.82) is 0 Å². The summed E-state index contributed by atoms with van der Waals surface area (Å²) in [6, 6.07) is 13.5. The summed E-state index contributed by atoms with van der Waals surface area (Å²) >= 11 is 0. The van der Waals surface area contributed by atoms with Crippen molar-refractivity contribution in [3.63, 3.8) is 0 Å². The summed E-state index contributed by atoms with van der Waals surface area (Å²) in [5.41, 5.74) is 4.82. The van der Waals surface area contributed by atoms with Gasteiger partial charge in [-0.15, -0.1) is 0 Å². The number of nitrogens with one attached hydrogen (secondary N) is 1. The molecule has 0 spiro atoms. The van der Waals surface area contributed by atoms with Crippen LogP contribution in [-0.4, -0.2) is 13.1 Å². The fourth-order valence-corrected chi connectivity index (χ4v) is 2.06. The molecule has 0 heterocycles. The van der Waals surface area contributed by atoms with Gasteiger partial charge in [0.15, 0.2) is 0 Å². The Morgan fingerprint density at radius 1 is 1.00 bits per heavy atom. The van der Waals surface area contributed by atoms with Crippen LogP contribution < -0.4 is 5.32 Å². The van der Waals surface area contributed by atoms with Crippen LogP contribution in [0.4, 0.5) is 11.4 Å². The molecule has 0 aliphatic rings. The van der Waals surface area contributed by atoms with Gasteiger partial charge in [-0.2, -0.15) is 0 Å². The average Bonchev–Trinajstić information content (AvgIpc) is 2.37. The van der Waals surface area contributed by atoms with Crippen LogP contribution in [0.1, 0.15) is 21.5 Å². The van der Waals surface area contributed by atoms with Gasteiger partial charge in [0, 0.05) is 11.4 Å². The quantitative estimate of drug-likeness (QED) is 0.847. The zero-order valence-electron chi connectivity index (χ0n) is 11.4. The van der Waals surface area contributed by atoms with E-state index in [2.05, 4.69) is 37.4 Å². The predicted octanol–water partition coefficient (Wildman–Crippen LogP) is 3.83. The highest BCUT2D eigenvalue weighted by Gasteiger charge is 2.05. The first-order valence-corrected chi connectivity index (χ1v) is 6.12.